The summed E-state index contributed by atoms with van der Waals surface area (Å²) in [7, 11) is 0. The molecule has 132 valence electrons. The highest BCUT2D eigenvalue weighted by atomic mass is 16.7. The van der Waals surface area contributed by atoms with Crippen LogP contribution in [0.3, 0.4) is 0 Å². The molecule has 0 aromatic rings. The first-order valence-corrected chi connectivity index (χ1v) is 9.42. The third-order valence-electron chi connectivity index (χ3n) is 5.51. The first-order chi connectivity index (χ1) is 11.2. The molecule has 3 rings (SSSR count). The minimum atomic E-state index is -0.272. The van der Waals surface area contributed by atoms with Crippen LogP contribution in [0, 0.1) is 5.92 Å². The quantitative estimate of drug-likeness (QED) is 0.788. The van der Waals surface area contributed by atoms with Gasteiger partial charge in [0.25, 0.3) is 0 Å². The molecule has 0 unspecified atom stereocenters. The molecule has 0 aromatic carbocycles. The van der Waals surface area contributed by atoms with E-state index in [4.69, 9.17) is 14.2 Å². The van der Waals surface area contributed by atoms with Gasteiger partial charge in [0.2, 0.25) is 0 Å². The number of carbonyl (C=O) groups excluding carboxylic acids is 1. The Hall–Kier alpha value is -0.650. The molecule has 0 aromatic heterocycles. The number of ether oxygens (including phenoxy) is 3. The first kappa shape index (κ1) is 17.2. The van der Waals surface area contributed by atoms with Crippen LogP contribution in [0.1, 0.15) is 64.7 Å². The summed E-state index contributed by atoms with van der Waals surface area (Å²) in [5, 5.41) is 3.62. The smallest absolute Gasteiger partial charge is 0.308 e. The van der Waals surface area contributed by atoms with Gasteiger partial charge < -0.3 is 19.5 Å². The summed E-state index contributed by atoms with van der Waals surface area (Å²) in [6.45, 7) is 3.92. The van der Waals surface area contributed by atoms with E-state index in [-0.39, 0.29) is 23.8 Å². The van der Waals surface area contributed by atoms with Crippen LogP contribution >= 0.6 is 0 Å². The molecule has 1 aliphatic heterocycles. The standard InChI is InChI=1S/C18H31NO4/c1-2-21-17(20)14-6-8-15(9-7-14)19-12-16-13-22-18(23-16)10-4-3-5-11-18/h14-16,19H,2-13H2,1H3/t14?,15?,16-/m1/s1. The molecule has 1 saturated heterocycles. The molecule has 1 atom stereocenters. The van der Waals surface area contributed by atoms with Gasteiger partial charge in [0.15, 0.2) is 5.79 Å². The van der Waals surface area contributed by atoms with Crippen molar-refractivity contribution < 1.29 is 19.0 Å². The third kappa shape index (κ3) is 4.46. The topological polar surface area (TPSA) is 56.8 Å². The van der Waals surface area contributed by atoms with Gasteiger partial charge in [0.1, 0.15) is 0 Å². The van der Waals surface area contributed by atoms with E-state index in [1.54, 1.807) is 0 Å². The van der Waals surface area contributed by atoms with Gasteiger partial charge in [-0.25, -0.2) is 0 Å². The molecule has 1 heterocycles. The Bertz CT molecular complexity index is 386. The fourth-order valence-corrected chi connectivity index (χ4v) is 4.16. The van der Waals surface area contributed by atoms with Crippen LogP contribution in [0.4, 0.5) is 0 Å². The average Bonchev–Trinajstić information content (AvgIpc) is 2.97. The fourth-order valence-electron chi connectivity index (χ4n) is 4.16. The van der Waals surface area contributed by atoms with Crippen LogP contribution in [0.15, 0.2) is 0 Å². The van der Waals surface area contributed by atoms with Gasteiger partial charge in [-0.2, -0.15) is 0 Å². The van der Waals surface area contributed by atoms with Gasteiger partial charge in [-0.3, -0.25) is 4.79 Å². The summed E-state index contributed by atoms with van der Waals surface area (Å²) in [6, 6.07) is 0.493. The zero-order chi connectivity index (χ0) is 16.1. The van der Waals surface area contributed by atoms with E-state index in [1.165, 1.54) is 19.3 Å². The van der Waals surface area contributed by atoms with Crippen LogP contribution in [0.5, 0.6) is 0 Å². The molecular formula is C18H31NO4. The Morgan fingerprint density at radius 2 is 1.91 bits per heavy atom. The zero-order valence-corrected chi connectivity index (χ0v) is 14.4. The van der Waals surface area contributed by atoms with Crippen molar-refractivity contribution in [3.63, 3.8) is 0 Å². The maximum absolute atomic E-state index is 11.8. The minimum Gasteiger partial charge on any atom is -0.466 e. The zero-order valence-electron chi connectivity index (χ0n) is 14.4. The SMILES string of the molecule is CCOC(=O)C1CCC(NC[C@@H]2COC3(CCCCC3)O2)CC1. The molecule has 3 aliphatic rings. The highest BCUT2D eigenvalue weighted by molar-refractivity contribution is 5.72. The fraction of sp³-hybridized carbons (Fsp3) is 0.944. The van der Waals surface area contributed by atoms with Crippen LogP contribution in [0.25, 0.3) is 0 Å². The third-order valence-corrected chi connectivity index (χ3v) is 5.51. The Kier molecular flexibility index (Phi) is 5.94. The van der Waals surface area contributed by atoms with Crippen molar-refractivity contribution in [2.45, 2.75) is 82.6 Å². The van der Waals surface area contributed by atoms with Gasteiger partial charge in [0, 0.05) is 25.4 Å². The van der Waals surface area contributed by atoms with E-state index in [1.807, 2.05) is 6.92 Å². The summed E-state index contributed by atoms with van der Waals surface area (Å²) in [4.78, 5) is 11.8. The Labute approximate surface area is 139 Å². The number of nitrogens with one attached hydrogen (secondary N) is 1. The number of esters is 1. The predicted octanol–water partition coefficient (Wildman–Crippen LogP) is 2.77. The van der Waals surface area contributed by atoms with Gasteiger partial charge in [-0.1, -0.05) is 6.42 Å². The van der Waals surface area contributed by atoms with Crippen molar-refractivity contribution in [3.8, 4) is 0 Å². The number of carbonyl (C=O) groups is 1. The van der Waals surface area contributed by atoms with Crippen molar-refractivity contribution in [2.24, 2.45) is 5.92 Å². The molecule has 0 bridgehead atoms. The number of hydrogen-bond acceptors (Lipinski definition) is 5. The van der Waals surface area contributed by atoms with Crippen molar-refractivity contribution in [3.05, 3.63) is 0 Å². The van der Waals surface area contributed by atoms with Gasteiger partial charge >= 0.3 is 5.97 Å². The summed E-state index contributed by atoms with van der Waals surface area (Å²) >= 11 is 0. The molecule has 2 aliphatic carbocycles. The highest BCUT2D eigenvalue weighted by Gasteiger charge is 2.42. The highest BCUT2D eigenvalue weighted by Crippen LogP contribution is 2.37. The Balaban J connectivity index is 1.35. The van der Waals surface area contributed by atoms with Crippen LogP contribution in [-0.4, -0.2) is 43.7 Å². The van der Waals surface area contributed by atoms with Crippen LogP contribution in [0.2, 0.25) is 0 Å². The van der Waals surface area contributed by atoms with Crippen molar-refractivity contribution in [1.82, 2.24) is 5.32 Å². The molecule has 2 saturated carbocycles. The maximum atomic E-state index is 11.8. The summed E-state index contributed by atoms with van der Waals surface area (Å²) < 4.78 is 17.3. The van der Waals surface area contributed by atoms with Crippen molar-refractivity contribution in [2.75, 3.05) is 19.8 Å². The van der Waals surface area contributed by atoms with E-state index in [0.717, 1.165) is 45.1 Å². The van der Waals surface area contributed by atoms with E-state index >= 15 is 0 Å². The maximum Gasteiger partial charge on any atom is 0.308 e. The molecular weight excluding hydrogens is 294 g/mol. The first-order valence-electron chi connectivity index (χ1n) is 9.42. The molecule has 1 N–H and O–H groups in total. The minimum absolute atomic E-state index is 0.0160. The normalized spacial score (nSPS) is 33.7. The van der Waals surface area contributed by atoms with Crippen LogP contribution in [-0.2, 0) is 19.0 Å². The lowest BCUT2D eigenvalue weighted by Crippen LogP contribution is -2.41. The van der Waals surface area contributed by atoms with Crippen LogP contribution < -0.4 is 5.32 Å². The summed E-state index contributed by atoms with van der Waals surface area (Å²) in [5.74, 6) is -0.186. The molecule has 23 heavy (non-hydrogen) atoms. The van der Waals surface area contributed by atoms with Gasteiger partial charge in [-0.05, 0) is 45.4 Å². The Morgan fingerprint density at radius 1 is 1.17 bits per heavy atom. The van der Waals surface area contributed by atoms with E-state index in [2.05, 4.69) is 5.32 Å². The molecule has 5 heteroatoms. The summed E-state index contributed by atoms with van der Waals surface area (Å²) in [5.41, 5.74) is 0. The van der Waals surface area contributed by atoms with E-state index in [9.17, 15) is 4.79 Å². The molecule has 0 amide bonds. The summed E-state index contributed by atoms with van der Waals surface area (Å²) in [6.07, 6.45) is 9.98. The van der Waals surface area contributed by atoms with E-state index < -0.39 is 0 Å². The lowest BCUT2D eigenvalue weighted by atomic mass is 9.86. The van der Waals surface area contributed by atoms with Gasteiger partial charge in [0.05, 0.1) is 25.2 Å². The average molecular weight is 325 g/mol. The molecule has 5 nitrogen and oxygen atoms in total. The van der Waals surface area contributed by atoms with Crippen molar-refractivity contribution >= 4 is 5.97 Å². The Morgan fingerprint density at radius 3 is 2.61 bits per heavy atom. The second-order valence-electron chi connectivity index (χ2n) is 7.23. The predicted molar refractivity (Wildman–Crippen MR) is 87.0 cm³/mol. The lowest BCUT2D eigenvalue weighted by molar-refractivity contribution is -0.186. The molecule has 1 spiro atoms. The molecule has 3 fully saturated rings. The second kappa shape index (κ2) is 7.95. The number of hydrogen-bond donors (Lipinski definition) is 1. The van der Waals surface area contributed by atoms with Gasteiger partial charge in [-0.15, -0.1) is 0 Å². The monoisotopic (exact) mass is 325 g/mol. The largest absolute Gasteiger partial charge is 0.466 e. The van der Waals surface area contributed by atoms with Crippen molar-refractivity contribution in [1.29, 1.82) is 0 Å². The lowest BCUT2D eigenvalue weighted by Gasteiger charge is -2.32. The number of rotatable bonds is 5. The second-order valence-corrected chi connectivity index (χ2v) is 7.23. The molecule has 0 radical (unpaired) electrons. The van der Waals surface area contributed by atoms with E-state index in [0.29, 0.717) is 19.3 Å².